The zero-order chi connectivity index (χ0) is 55.1. The first-order valence-corrected chi connectivity index (χ1v) is 29.9. The molecule has 6 aliphatic rings. The zero-order valence-corrected chi connectivity index (χ0v) is 45.5. The predicted octanol–water partition coefficient (Wildman–Crippen LogP) is 10.9. The first-order chi connectivity index (χ1) is 38.0. The fraction of sp³-hybridized carbons (Fsp3) is 0.367. The number of aryl methyl sites for hydroxylation is 1. The van der Waals surface area contributed by atoms with Gasteiger partial charge in [0, 0.05) is 76.8 Å². The van der Waals surface area contributed by atoms with Crippen molar-refractivity contribution in [1.82, 2.24) is 18.4 Å². The van der Waals surface area contributed by atoms with E-state index in [1.165, 1.54) is 27.1 Å². The Labute approximate surface area is 460 Å². The van der Waals surface area contributed by atoms with Crippen LogP contribution >= 0.6 is 0 Å². The Bertz CT molecular complexity index is 3410. The first kappa shape index (κ1) is 54.0. The normalized spacial score (nSPS) is 21.2. The summed E-state index contributed by atoms with van der Waals surface area (Å²) >= 11 is 0. The molecule has 4 saturated heterocycles. The third-order valence-electron chi connectivity index (χ3n) is 16.5. The topological polar surface area (TPSA) is 140 Å². The quantitative estimate of drug-likeness (QED) is 0.130. The van der Waals surface area contributed by atoms with E-state index in [1.54, 1.807) is 16.4 Å². The molecule has 14 nitrogen and oxygen atoms in total. The van der Waals surface area contributed by atoms with Crippen LogP contribution in [0, 0.1) is 6.92 Å². The van der Waals surface area contributed by atoms with E-state index in [0.717, 1.165) is 71.4 Å². The van der Waals surface area contributed by atoms with Gasteiger partial charge in [-0.2, -0.15) is 21.8 Å². The smallest absolute Gasteiger partial charge is 0.416 e. The number of benzene rings is 6. The number of carbonyl (C=O) groups excluding carboxylic acids is 2. The maximum Gasteiger partial charge on any atom is 0.416 e. The van der Waals surface area contributed by atoms with Crippen molar-refractivity contribution in [1.29, 1.82) is 0 Å². The molecule has 6 aromatic carbocycles. The molecule has 79 heavy (non-hydrogen) atoms. The van der Waals surface area contributed by atoms with Gasteiger partial charge in [0.25, 0.3) is 0 Å². The summed E-state index contributed by atoms with van der Waals surface area (Å²) in [4.78, 5) is 34.1. The highest BCUT2D eigenvalue weighted by molar-refractivity contribution is 7.89. The first-order valence-electron chi connectivity index (χ1n) is 27.0. The van der Waals surface area contributed by atoms with Crippen LogP contribution in [-0.4, -0.2) is 113 Å². The molecular weight excluding hydrogens is 1050 g/mol. The second kappa shape index (κ2) is 22.3. The number of rotatable bonds is 10. The lowest BCUT2D eigenvalue weighted by Crippen LogP contribution is -2.48. The van der Waals surface area contributed by atoms with Crippen molar-refractivity contribution in [2.45, 2.75) is 85.7 Å². The highest BCUT2D eigenvalue weighted by atomic mass is 32.2. The molecular formula is C60H63F3N6O8S2. The van der Waals surface area contributed by atoms with Crippen molar-refractivity contribution in [3.63, 3.8) is 0 Å². The van der Waals surface area contributed by atoms with Crippen molar-refractivity contribution >= 4 is 43.6 Å². The van der Waals surface area contributed by atoms with Gasteiger partial charge in [0.1, 0.15) is 13.2 Å². The summed E-state index contributed by atoms with van der Waals surface area (Å²) in [5, 5.41) is 0. The summed E-state index contributed by atoms with van der Waals surface area (Å²) in [5.74, 6) is 0.857. The van der Waals surface area contributed by atoms with Crippen LogP contribution in [0.4, 0.5) is 34.1 Å². The summed E-state index contributed by atoms with van der Waals surface area (Å²) in [7, 11) is -7.57. The summed E-state index contributed by atoms with van der Waals surface area (Å²) in [6.45, 7) is 6.99. The Morgan fingerprint density at radius 2 is 0.937 bits per heavy atom. The minimum absolute atomic E-state index is 0.0233. The molecule has 4 bridgehead atoms. The van der Waals surface area contributed by atoms with Crippen LogP contribution in [0.1, 0.15) is 94.1 Å². The fourth-order valence-corrected chi connectivity index (χ4v) is 15.1. The number of hydrogen-bond acceptors (Lipinski definition) is 10. The average molecular weight is 1120 g/mol. The van der Waals surface area contributed by atoms with Gasteiger partial charge in [-0.3, -0.25) is 0 Å². The van der Waals surface area contributed by atoms with Crippen LogP contribution in [-0.2, 0) is 48.9 Å². The SMILES string of the molecule is Cc1ccc(S(=O)(=O)N2CCN(c3ccc4c(c3)[C@H]3C[C@H]4CCN3C(=O)OCc3ccccc3)CC2)cc1.O=C(OCc1ccccc1)N1CC[C@@H]2C[C@@H]1c1cc(N3CCN(S(=O)(=O)c4cccc(C(F)(F)F)c4)CC3)ccc12. The number of sulfonamides is 2. The van der Waals surface area contributed by atoms with Crippen LogP contribution < -0.4 is 9.80 Å². The molecule has 4 fully saturated rings. The molecule has 4 atom stereocenters. The molecule has 19 heteroatoms. The zero-order valence-electron chi connectivity index (χ0n) is 43.9. The van der Waals surface area contributed by atoms with E-state index < -0.39 is 31.8 Å². The van der Waals surface area contributed by atoms with Gasteiger partial charge in [-0.05, 0) is 132 Å². The second-order valence-electron chi connectivity index (χ2n) is 21.2. The summed E-state index contributed by atoms with van der Waals surface area (Å²) in [5.41, 5.74) is 8.85. The van der Waals surface area contributed by atoms with Gasteiger partial charge < -0.3 is 29.1 Å². The van der Waals surface area contributed by atoms with Gasteiger partial charge in [-0.25, -0.2) is 26.4 Å². The molecule has 2 amide bonds. The molecule has 414 valence electrons. The number of carbonyl (C=O) groups is 2. The molecule has 0 aromatic heterocycles. The number of likely N-dealkylation sites (tertiary alicyclic amines) is 2. The van der Waals surface area contributed by atoms with Gasteiger partial charge in [-0.1, -0.05) is 96.6 Å². The molecule has 0 unspecified atom stereocenters. The van der Waals surface area contributed by atoms with Crippen molar-refractivity contribution in [3.8, 4) is 0 Å². The number of nitrogens with zero attached hydrogens (tertiary/aromatic N) is 6. The van der Waals surface area contributed by atoms with E-state index in [0.29, 0.717) is 75.2 Å². The number of piperazine rings is 2. The third kappa shape index (κ3) is 11.3. The Balaban J connectivity index is 0.000000168. The molecule has 0 spiro atoms. The van der Waals surface area contributed by atoms with E-state index in [9.17, 15) is 39.6 Å². The lowest BCUT2D eigenvalue weighted by Gasteiger charge is -2.36. The number of anilines is 2. The molecule has 4 aliphatic heterocycles. The summed E-state index contributed by atoms with van der Waals surface area (Å²) in [6, 6.07) is 43.0. The predicted molar refractivity (Wildman–Crippen MR) is 294 cm³/mol. The minimum atomic E-state index is -4.62. The van der Waals surface area contributed by atoms with E-state index >= 15 is 0 Å². The Kier molecular flexibility index (Phi) is 15.3. The lowest BCUT2D eigenvalue weighted by atomic mass is 9.96. The monoisotopic (exact) mass is 1120 g/mol. The number of amides is 2. The van der Waals surface area contributed by atoms with Crippen LogP contribution in [0.3, 0.4) is 0 Å². The van der Waals surface area contributed by atoms with Gasteiger partial charge in [-0.15, -0.1) is 0 Å². The number of piperidine rings is 2. The van der Waals surface area contributed by atoms with E-state index in [2.05, 4.69) is 40.1 Å². The Hall–Kier alpha value is -6.93. The average Bonchev–Trinajstić information content (AvgIpc) is 4.17. The number of alkyl halides is 3. The standard InChI is InChI=1S/C30H30F3N3O4S.C30H33N3O4S/c31-30(32,33)23-7-4-8-25(18-23)41(38,39)35-15-13-34(14-16-35)24-9-10-26-22-11-12-36(28(17-22)27(26)19-24)29(37)40-20-21-5-2-1-3-6-21;1-22-7-10-26(11-8-22)38(35,36)32-17-15-31(16-18-32)25-9-12-27-24-13-14-33(29(19-24)28(27)20-25)30(34)37-21-23-5-3-2-4-6-23/h1-10,18-19,22,28H,11-17,20H2;2-12,20,24,29H,13-19,21H2,1H3/t22-,28-;24-,29-/m11/s1. The number of ether oxygens (including phenoxy) is 2. The Morgan fingerprint density at radius 3 is 1.38 bits per heavy atom. The van der Waals surface area contributed by atoms with Crippen molar-refractivity contribution in [3.05, 3.63) is 190 Å². The molecule has 0 N–H and O–H groups in total. The van der Waals surface area contributed by atoms with E-state index in [4.69, 9.17) is 9.47 Å². The van der Waals surface area contributed by atoms with E-state index in [-0.39, 0.29) is 55.5 Å². The second-order valence-corrected chi connectivity index (χ2v) is 25.1. The molecule has 2 aliphatic carbocycles. The van der Waals surface area contributed by atoms with Crippen molar-refractivity contribution in [2.24, 2.45) is 0 Å². The van der Waals surface area contributed by atoms with E-state index in [1.807, 2.05) is 95.6 Å². The molecule has 6 aromatic rings. The van der Waals surface area contributed by atoms with Gasteiger partial charge in [0.05, 0.1) is 27.4 Å². The highest BCUT2D eigenvalue weighted by Gasteiger charge is 2.44. The molecule has 0 saturated carbocycles. The number of hydrogen-bond donors (Lipinski definition) is 0. The Morgan fingerprint density at radius 1 is 0.494 bits per heavy atom. The fourth-order valence-electron chi connectivity index (χ4n) is 12.2. The largest absolute Gasteiger partial charge is 0.445 e. The number of fused-ring (bicyclic) bond motifs is 10. The van der Waals surface area contributed by atoms with Crippen LogP contribution in [0.2, 0.25) is 0 Å². The van der Waals surface area contributed by atoms with Crippen LogP contribution in [0.15, 0.2) is 155 Å². The number of halogens is 3. The molecule has 12 rings (SSSR count). The lowest BCUT2D eigenvalue weighted by molar-refractivity contribution is -0.137. The molecule has 4 heterocycles. The van der Waals surface area contributed by atoms with Gasteiger partial charge >= 0.3 is 18.4 Å². The van der Waals surface area contributed by atoms with Crippen molar-refractivity contribution < 1.29 is 49.1 Å². The van der Waals surface area contributed by atoms with Crippen LogP contribution in [0.25, 0.3) is 0 Å². The third-order valence-corrected chi connectivity index (χ3v) is 20.3. The van der Waals surface area contributed by atoms with Crippen LogP contribution in [0.5, 0.6) is 0 Å². The maximum absolute atomic E-state index is 13.1. The maximum atomic E-state index is 13.1. The molecule has 0 radical (unpaired) electrons. The van der Waals surface area contributed by atoms with Gasteiger partial charge in [0.15, 0.2) is 0 Å². The van der Waals surface area contributed by atoms with Crippen molar-refractivity contribution in [2.75, 3.05) is 75.2 Å². The minimum Gasteiger partial charge on any atom is -0.445 e. The summed E-state index contributed by atoms with van der Waals surface area (Å²) in [6.07, 6.45) is -1.61. The highest BCUT2D eigenvalue weighted by Crippen LogP contribution is 2.51. The summed E-state index contributed by atoms with van der Waals surface area (Å²) < 4.78 is 106. The van der Waals surface area contributed by atoms with Gasteiger partial charge in [0.2, 0.25) is 20.0 Å².